The monoisotopic (exact) mass is 250 g/mol. The van der Waals surface area contributed by atoms with Crippen molar-refractivity contribution in [2.75, 3.05) is 18.3 Å². The van der Waals surface area contributed by atoms with Crippen LogP contribution in [0.4, 0.5) is 0 Å². The van der Waals surface area contributed by atoms with E-state index in [9.17, 15) is 0 Å². The molecule has 0 bridgehead atoms. The predicted octanol–water partition coefficient (Wildman–Crippen LogP) is 4.82. The molecule has 92 valence electrons. The molecule has 1 nitrogen and oxygen atoms in total. The topological polar surface area (TPSA) is 9.23 Å². The molecule has 3 heteroatoms. The van der Waals surface area contributed by atoms with Gasteiger partial charge < -0.3 is 4.74 Å². The Morgan fingerprint density at radius 3 is 1.93 bits per heavy atom. The van der Waals surface area contributed by atoms with Crippen molar-refractivity contribution in [1.82, 2.24) is 0 Å². The molecular weight excluding hydrogens is 224 g/mol. The van der Waals surface area contributed by atoms with Gasteiger partial charge in [0, 0.05) is 5.75 Å². The third kappa shape index (κ3) is 14.7. The second-order valence-electron chi connectivity index (χ2n) is 6.28. The first-order chi connectivity index (χ1) is 6.71. The molecule has 0 rings (SSSR count). The van der Waals surface area contributed by atoms with Crippen LogP contribution in [0.25, 0.3) is 0 Å². The van der Waals surface area contributed by atoms with E-state index in [-0.39, 0.29) is 5.41 Å². The molecule has 0 aromatic carbocycles. The van der Waals surface area contributed by atoms with Crippen LogP contribution in [0.15, 0.2) is 0 Å². The zero-order valence-electron chi connectivity index (χ0n) is 11.1. The Morgan fingerprint density at radius 1 is 0.867 bits per heavy atom. The molecule has 0 saturated heterocycles. The lowest BCUT2D eigenvalue weighted by Gasteiger charge is -2.18. The van der Waals surface area contributed by atoms with Crippen molar-refractivity contribution in [2.24, 2.45) is 10.8 Å². The van der Waals surface area contributed by atoms with Gasteiger partial charge in [-0.15, -0.1) is 0 Å². The van der Waals surface area contributed by atoms with Gasteiger partial charge in [0.2, 0.25) is 0 Å². The Balaban J connectivity index is 3.20. The molecule has 0 unspecified atom stereocenters. The number of rotatable bonds is 6. The van der Waals surface area contributed by atoms with E-state index >= 15 is 0 Å². The molecule has 0 fully saturated rings. The van der Waals surface area contributed by atoms with Crippen LogP contribution in [0.2, 0.25) is 0 Å². The molecular formula is C12H26OS2. The third-order valence-electron chi connectivity index (χ3n) is 1.69. The summed E-state index contributed by atoms with van der Waals surface area (Å²) in [5.41, 5.74) is 0.746. The molecule has 0 aliphatic heterocycles. The van der Waals surface area contributed by atoms with Crippen LogP contribution < -0.4 is 0 Å². The maximum absolute atomic E-state index is 5.57. The van der Waals surface area contributed by atoms with Crippen LogP contribution >= 0.6 is 21.6 Å². The van der Waals surface area contributed by atoms with Gasteiger partial charge >= 0.3 is 0 Å². The number of ether oxygens (including phenoxy) is 1. The van der Waals surface area contributed by atoms with E-state index in [2.05, 4.69) is 41.5 Å². The van der Waals surface area contributed by atoms with Gasteiger partial charge in [0.05, 0.1) is 6.61 Å². The van der Waals surface area contributed by atoms with Crippen LogP contribution in [-0.4, -0.2) is 18.3 Å². The molecule has 0 aromatic heterocycles. The zero-order valence-corrected chi connectivity index (χ0v) is 12.7. The van der Waals surface area contributed by atoms with Gasteiger partial charge in [0.25, 0.3) is 0 Å². The Morgan fingerprint density at radius 2 is 1.47 bits per heavy atom. The highest BCUT2D eigenvalue weighted by Gasteiger charge is 2.11. The van der Waals surface area contributed by atoms with Gasteiger partial charge in [0.1, 0.15) is 5.94 Å². The van der Waals surface area contributed by atoms with E-state index in [0.29, 0.717) is 5.41 Å². The Bertz CT molecular complexity index is 138. The summed E-state index contributed by atoms with van der Waals surface area (Å²) in [5.74, 6) is 2.03. The van der Waals surface area contributed by atoms with E-state index in [1.165, 1.54) is 12.2 Å². The fraction of sp³-hybridized carbons (Fsp3) is 1.00. The van der Waals surface area contributed by atoms with Gasteiger partial charge in [0.15, 0.2) is 0 Å². The SMILES string of the molecule is CC(C)(C)CCSSCOCC(C)(C)C. The molecule has 0 heterocycles. The minimum atomic E-state index is 0.288. The first-order valence-corrected chi connectivity index (χ1v) is 8.02. The lowest BCUT2D eigenvalue weighted by atomic mass is 9.94. The van der Waals surface area contributed by atoms with E-state index in [1.54, 1.807) is 0 Å². The summed E-state index contributed by atoms with van der Waals surface area (Å²) >= 11 is 0. The Kier molecular flexibility index (Phi) is 7.39. The van der Waals surface area contributed by atoms with Crippen molar-refractivity contribution in [1.29, 1.82) is 0 Å². The van der Waals surface area contributed by atoms with Gasteiger partial charge in [-0.3, -0.25) is 0 Å². The smallest absolute Gasteiger partial charge is 0.102 e. The zero-order chi connectivity index (χ0) is 11.9. The standard InChI is InChI=1S/C12H26OS2/c1-11(2,3)7-8-14-15-10-13-9-12(4,5)6/h7-10H2,1-6H3. The first kappa shape index (κ1) is 15.7. The van der Waals surface area contributed by atoms with Gasteiger partial charge in [-0.05, 0) is 17.3 Å². The fourth-order valence-electron chi connectivity index (χ4n) is 0.823. The van der Waals surface area contributed by atoms with Crippen LogP contribution in [-0.2, 0) is 4.74 Å². The number of hydrogen-bond donors (Lipinski definition) is 0. The maximum atomic E-state index is 5.57. The third-order valence-corrected chi connectivity index (χ3v) is 3.77. The molecule has 0 atom stereocenters. The lowest BCUT2D eigenvalue weighted by molar-refractivity contribution is 0.106. The molecule has 0 aromatic rings. The molecule has 0 N–H and O–H groups in total. The summed E-state index contributed by atoms with van der Waals surface area (Å²) in [6.07, 6.45) is 1.27. The van der Waals surface area contributed by atoms with Gasteiger partial charge in [-0.1, -0.05) is 63.1 Å². The van der Waals surface area contributed by atoms with Gasteiger partial charge in [-0.2, -0.15) is 0 Å². The average molecular weight is 250 g/mol. The molecule has 0 spiro atoms. The number of hydrogen-bond acceptors (Lipinski definition) is 3. The van der Waals surface area contributed by atoms with Gasteiger partial charge in [-0.25, -0.2) is 0 Å². The molecule has 0 saturated carbocycles. The molecule has 15 heavy (non-hydrogen) atoms. The molecule has 0 aliphatic carbocycles. The van der Waals surface area contributed by atoms with E-state index in [1.807, 2.05) is 21.6 Å². The minimum Gasteiger partial charge on any atom is -0.369 e. The van der Waals surface area contributed by atoms with Crippen molar-refractivity contribution in [2.45, 2.75) is 48.0 Å². The predicted molar refractivity (Wildman–Crippen MR) is 74.4 cm³/mol. The molecule has 0 amide bonds. The van der Waals surface area contributed by atoms with E-state index in [4.69, 9.17) is 4.74 Å². The summed E-state index contributed by atoms with van der Waals surface area (Å²) in [6, 6.07) is 0. The normalized spacial score (nSPS) is 13.2. The van der Waals surface area contributed by atoms with Crippen LogP contribution in [0.5, 0.6) is 0 Å². The van der Waals surface area contributed by atoms with E-state index < -0.39 is 0 Å². The minimum absolute atomic E-state index is 0.288. The van der Waals surface area contributed by atoms with Crippen molar-refractivity contribution >= 4 is 21.6 Å². The lowest BCUT2D eigenvalue weighted by Crippen LogP contribution is -2.14. The molecule has 0 aliphatic rings. The van der Waals surface area contributed by atoms with E-state index in [0.717, 1.165) is 12.5 Å². The fourth-order valence-corrected chi connectivity index (χ4v) is 2.87. The van der Waals surface area contributed by atoms with Crippen molar-refractivity contribution in [3.8, 4) is 0 Å². The average Bonchev–Trinajstić information content (AvgIpc) is 1.98. The van der Waals surface area contributed by atoms with Crippen LogP contribution in [0, 0.1) is 10.8 Å². The van der Waals surface area contributed by atoms with Crippen molar-refractivity contribution in [3.05, 3.63) is 0 Å². The maximum Gasteiger partial charge on any atom is 0.102 e. The summed E-state index contributed by atoms with van der Waals surface area (Å²) in [4.78, 5) is 0. The second-order valence-corrected chi connectivity index (χ2v) is 8.81. The summed E-state index contributed by atoms with van der Waals surface area (Å²) in [5, 5.41) is 0. The van der Waals surface area contributed by atoms with Crippen LogP contribution in [0.1, 0.15) is 48.0 Å². The summed E-state index contributed by atoms with van der Waals surface area (Å²) < 4.78 is 5.57. The van der Waals surface area contributed by atoms with Crippen LogP contribution in [0.3, 0.4) is 0 Å². The first-order valence-electron chi connectivity index (χ1n) is 5.53. The highest BCUT2D eigenvalue weighted by molar-refractivity contribution is 8.76. The highest BCUT2D eigenvalue weighted by atomic mass is 33.1. The molecule has 0 radical (unpaired) electrons. The summed E-state index contributed by atoms with van der Waals surface area (Å²) in [7, 11) is 3.75. The Hall–Kier alpha value is 0.660. The summed E-state index contributed by atoms with van der Waals surface area (Å²) in [6.45, 7) is 14.3. The Labute approximate surface area is 104 Å². The largest absolute Gasteiger partial charge is 0.369 e. The van der Waals surface area contributed by atoms with Crippen molar-refractivity contribution < 1.29 is 4.74 Å². The van der Waals surface area contributed by atoms with Crippen molar-refractivity contribution in [3.63, 3.8) is 0 Å². The second kappa shape index (κ2) is 7.08. The quantitative estimate of drug-likeness (QED) is 0.380. The highest BCUT2D eigenvalue weighted by Crippen LogP contribution is 2.28.